The molecule has 2 rings (SSSR count). The van der Waals surface area contributed by atoms with Gasteiger partial charge in [-0.2, -0.15) is 0 Å². The van der Waals surface area contributed by atoms with Gasteiger partial charge in [-0.1, -0.05) is 12.1 Å². The van der Waals surface area contributed by atoms with E-state index in [9.17, 15) is 0 Å². The van der Waals surface area contributed by atoms with Crippen LogP contribution in [0.3, 0.4) is 0 Å². The van der Waals surface area contributed by atoms with E-state index >= 15 is 0 Å². The van der Waals surface area contributed by atoms with E-state index in [1.165, 1.54) is 11.1 Å². The van der Waals surface area contributed by atoms with E-state index in [0.29, 0.717) is 5.88 Å². The molecule has 3 heteroatoms. The fraction of sp³-hybridized carbons (Fsp3) is 0.429. The molecule has 0 aromatic heterocycles. The number of benzene rings is 1. The van der Waals surface area contributed by atoms with Crippen LogP contribution in [0.4, 0.5) is 0 Å². The van der Waals surface area contributed by atoms with Gasteiger partial charge in [-0.25, -0.2) is 0 Å². The van der Waals surface area contributed by atoms with Crippen LogP contribution in [-0.2, 0) is 0 Å². The van der Waals surface area contributed by atoms with E-state index in [4.69, 9.17) is 21.1 Å². The first kappa shape index (κ1) is 12.3. The maximum absolute atomic E-state index is 5.68. The van der Waals surface area contributed by atoms with Crippen LogP contribution in [0.1, 0.15) is 25.3 Å². The van der Waals surface area contributed by atoms with Crippen molar-refractivity contribution in [2.75, 3.05) is 19.1 Å². The van der Waals surface area contributed by atoms with Gasteiger partial charge in [-0.3, -0.25) is 0 Å². The molecule has 92 valence electrons. The van der Waals surface area contributed by atoms with Crippen LogP contribution >= 0.6 is 11.6 Å². The third kappa shape index (κ3) is 3.16. The zero-order valence-electron chi connectivity index (χ0n) is 10.0. The molecular weight excluding hydrogens is 236 g/mol. The molecule has 0 saturated heterocycles. The molecule has 1 heterocycles. The summed E-state index contributed by atoms with van der Waals surface area (Å²) < 4.78 is 11.3. The van der Waals surface area contributed by atoms with Crippen molar-refractivity contribution >= 4 is 17.2 Å². The summed E-state index contributed by atoms with van der Waals surface area (Å²) in [6.45, 7) is 3.54. The second-order valence-electron chi connectivity index (χ2n) is 4.08. The molecule has 1 aromatic rings. The molecule has 0 spiro atoms. The maximum atomic E-state index is 5.68. The van der Waals surface area contributed by atoms with E-state index in [-0.39, 0.29) is 0 Å². The summed E-state index contributed by atoms with van der Waals surface area (Å²) in [6, 6.07) is 6.09. The Bertz CT molecular complexity index is 413. The van der Waals surface area contributed by atoms with Crippen molar-refractivity contribution in [3.63, 3.8) is 0 Å². The zero-order valence-corrected chi connectivity index (χ0v) is 10.8. The average Bonchev–Trinajstić information content (AvgIpc) is 2.60. The average molecular weight is 253 g/mol. The summed E-state index contributed by atoms with van der Waals surface area (Å²) in [4.78, 5) is 0. The standard InChI is InChI=1S/C14H17ClO2/c1-11(4-2-7-15)12-5-6-13-14(10-12)17-9-3-8-16-13/h4-6,10H,2-3,7-9H2,1H3/b11-4+. The Morgan fingerprint density at radius 2 is 2.06 bits per heavy atom. The molecule has 0 radical (unpaired) electrons. The lowest BCUT2D eigenvalue weighted by atomic mass is 10.1. The topological polar surface area (TPSA) is 18.5 Å². The third-order valence-corrected chi connectivity index (χ3v) is 2.98. The van der Waals surface area contributed by atoms with Crippen molar-refractivity contribution in [1.82, 2.24) is 0 Å². The first-order valence-corrected chi connectivity index (χ1v) is 6.47. The summed E-state index contributed by atoms with van der Waals surface area (Å²) >= 11 is 5.68. The molecule has 2 nitrogen and oxygen atoms in total. The smallest absolute Gasteiger partial charge is 0.161 e. The minimum Gasteiger partial charge on any atom is -0.490 e. The van der Waals surface area contributed by atoms with Crippen molar-refractivity contribution in [2.24, 2.45) is 0 Å². The van der Waals surface area contributed by atoms with Crippen LogP contribution in [-0.4, -0.2) is 19.1 Å². The van der Waals surface area contributed by atoms with Gasteiger partial charge in [0, 0.05) is 12.3 Å². The molecule has 1 aromatic carbocycles. The zero-order chi connectivity index (χ0) is 12.1. The van der Waals surface area contributed by atoms with E-state index in [1.807, 2.05) is 12.1 Å². The van der Waals surface area contributed by atoms with Gasteiger partial charge < -0.3 is 9.47 Å². The highest BCUT2D eigenvalue weighted by atomic mass is 35.5. The van der Waals surface area contributed by atoms with Gasteiger partial charge in [0.25, 0.3) is 0 Å². The monoisotopic (exact) mass is 252 g/mol. The SMILES string of the molecule is C/C(=C\CCCl)c1ccc2c(c1)OCCCO2. The van der Waals surface area contributed by atoms with E-state index < -0.39 is 0 Å². The highest BCUT2D eigenvalue weighted by Crippen LogP contribution is 2.32. The predicted octanol–water partition coefficient (Wildman–Crippen LogP) is 3.88. The number of halogens is 1. The number of alkyl halides is 1. The maximum Gasteiger partial charge on any atom is 0.161 e. The second kappa shape index (κ2) is 5.97. The van der Waals surface area contributed by atoms with Crippen LogP contribution in [0.5, 0.6) is 11.5 Å². The molecule has 0 unspecified atom stereocenters. The molecule has 0 aliphatic carbocycles. The number of fused-ring (bicyclic) bond motifs is 1. The van der Waals surface area contributed by atoms with Crippen molar-refractivity contribution in [3.8, 4) is 11.5 Å². The molecule has 17 heavy (non-hydrogen) atoms. The molecule has 1 aliphatic rings. The van der Waals surface area contributed by atoms with Crippen molar-refractivity contribution in [3.05, 3.63) is 29.8 Å². The Kier molecular flexibility index (Phi) is 4.32. The normalized spacial score (nSPS) is 15.5. The molecular formula is C14H17ClO2. The molecule has 0 fully saturated rings. The van der Waals surface area contributed by atoms with Gasteiger partial charge in [0.1, 0.15) is 0 Å². The summed E-state index contributed by atoms with van der Waals surface area (Å²) in [7, 11) is 0. The minimum absolute atomic E-state index is 0.655. The second-order valence-corrected chi connectivity index (χ2v) is 4.45. The number of hydrogen-bond donors (Lipinski definition) is 0. The van der Waals surface area contributed by atoms with Crippen LogP contribution in [0.2, 0.25) is 0 Å². The van der Waals surface area contributed by atoms with E-state index in [2.05, 4.69) is 19.1 Å². The van der Waals surface area contributed by atoms with Gasteiger partial charge in [0.2, 0.25) is 0 Å². The van der Waals surface area contributed by atoms with Crippen molar-refractivity contribution in [2.45, 2.75) is 19.8 Å². The van der Waals surface area contributed by atoms with Gasteiger partial charge in [-0.05, 0) is 36.6 Å². The first-order valence-electron chi connectivity index (χ1n) is 5.94. The molecule has 0 bridgehead atoms. The molecule has 0 atom stereocenters. The van der Waals surface area contributed by atoms with Gasteiger partial charge in [0.05, 0.1) is 13.2 Å². The lowest BCUT2D eigenvalue weighted by molar-refractivity contribution is 0.297. The van der Waals surface area contributed by atoms with Gasteiger partial charge in [-0.15, -0.1) is 11.6 Å². The lowest BCUT2D eigenvalue weighted by Gasteiger charge is -2.09. The molecule has 0 N–H and O–H groups in total. The lowest BCUT2D eigenvalue weighted by Crippen LogP contribution is -1.97. The highest BCUT2D eigenvalue weighted by Gasteiger charge is 2.10. The summed E-state index contributed by atoms with van der Waals surface area (Å²) in [6.07, 6.45) is 3.97. The van der Waals surface area contributed by atoms with Gasteiger partial charge >= 0.3 is 0 Å². The quantitative estimate of drug-likeness (QED) is 0.760. The predicted molar refractivity (Wildman–Crippen MR) is 71.0 cm³/mol. The highest BCUT2D eigenvalue weighted by molar-refractivity contribution is 6.17. The molecule has 1 aliphatic heterocycles. The Morgan fingerprint density at radius 3 is 2.82 bits per heavy atom. The third-order valence-electron chi connectivity index (χ3n) is 2.76. The number of ether oxygens (including phenoxy) is 2. The van der Waals surface area contributed by atoms with E-state index in [0.717, 1.165) is 37.6 Å². The molecule has 0 amide bonds. The van der Waals surface area contributed by atoms with Crippen molar-refractivity contribution in [1.29, 1.82) is 0 Å². The first-order chi connectivity index (χ1) is 8.31. The van der Waals surface area contributed by atoms with Crippen LogP contribution in [0.25, 0.3) is 5.57 Å². The Hall–Kier alpha value is -1.15. The summed E-state index contributed by atoms with van der Waals surface area (Å²) in [5, 5.41) is 0. The van der Waals surface area contributed by atoms with Crippen LogP contribution in [0, 0.1) is 0 Å². The van der Waals surface area contributed by atoms with Gasteiger partial charge in [0.15, 0.2) is 11.5 Å². The summed E-state index contributed by atoms with van der Waals surface area (Å²) in [5.41, 5.74) is 2.39. The fourth-order valence-corrected chi connectivity index (χ4v) is 1.91. The fourth-order valence-electron chi connectivity index (χ4n) is 1.80. The molecule has 0 saturated carbocycles. The minimum atomic E-state index is 0.655. The van der Waals surface area contributed by atoms with Crippen molar-refractivity contribution < 1.29 is 9.47 Å². The Labute approximate surface area is 107 Å². The largest absolute Gasteiger partial charge is 0.490 e. The van der Waals surface area contributed by atoms with Crippen LogP contribution < -0.4 is 9.47 Å². The summed E-state index contributed by atoms with van der Waals surface area (Å²) in [5.74, 6) is 2.34. The Morgan fingerprint density at radius 1 is 1.29 bits per heavy atom. The van der Waals surface area contributed by atoms with Crippen LogP contribution in [0.15, 0.2) is 24.3 Å². The van der Waals surface area contributed by atoms with E-state index in [1.54, 1.807) is 0 Å². The number of allylic oxidation sites excluding steroid dienone is 2. The Balaban J connectivity index is 2.23. The number of rotatable bonds is 3. The number of hydrogen-bond acceptors (Lipinski definition) is 2.